The number of rotatable bonds is 2. The lowest BCUT2D eigenvalue weighted by Gasteiger charge is -2.60. The van der Waals surface area contributed by atoms with E-state index in [1.807, 2.05) is 6.08 Å². The Labute approximate surface area is 161 Å². The van der Waals surface area contributed by atoms with Crippen LogP contribution in [0.3, 0.4) is 0 Å². The smallest absolute Gasteiger partial charge is 0.184 e. The van der Waals surface area contributed by atoms with E-state index in [2.05, 4.69) is 46.5 Å². The summed E-state index contributed by atoms with van der Waals surface area (Å²) in [4.78, 5) is 12.0. The summed E-state index contributed by atoms with van der Waals surface area (Å²) in [5, 5.41) is 0. The molecular formula is C23H38O2Si. The number of ketones is 1. The first kappa shape index (κ1) is 18.9. The van der Waals surface area contributed by atoms with E-state index in [1.165, 1.54) is 38.5 Å². The summed E-state index contributed by atoms with van der Waals surface area (Å²) >= 11 is 0. The number of carbonyl (C=O) groups excluding carboxylic acids is 1. The predicted molar refractivity (Wildman–Crippen MR) is 109 cm³/mol. The van der Waals surface area contributed by atoms with Gasteiger partial charge in [0.2, 0.25) is 0 Å². The number of hydrogen-bond donors (Lipinski definition) is 0. The standard InChI is InChI=1S/C23H38O2Si/c1-21-12-9-17(24)15-16(21)7-8-18-19(21)10-13-22(2)20(18)11-14-23(22,3)25-26(4,5)6/h9,12,16,18-20H,7-8,10-11,13-15H2,1-6H3/t16-,18?,19?,20?,21?,22?,23+/m1/s1. The molecule has 0 aliphatic heterocycles. The van der Waals surface area contributed by atoms with E-state index in [1.54, 1.807) is 0 Å². The molecule has 3 heteroatoms. The molecule has 4 aliphatic carbocycles. The van der Waals surface area contributed by atoms with E-state index >= 15 is 0 Å². The van der Waals surface area contributed by atoms with Gasteiger partial charge in [0.25, 0.3) is 0 Å². The lowest BCUT2D eigenvalue weighted by molar-refractivity contribution is -0.131. The molecule has 0 saturated heterocycles. The van der Waals surface area contributed by atoms with Gasteiger partial charge in [-0.25, -0.2) is 0 Å². The largest absolute Gasteiger partial charge is 0.412 e. The number of fused-ring (bicyclic) bond motifs is 5. The summed E-state index contributed by atoms with van der Waals surface area (Å²) in [6, 6.07) is 0. The molecule has 3 fully saturated rings. The highest BCUT2D eigenvalue weighted by atomic mass is 28.4. The Kier molecular flexibility index (Phi) is 4.22. The molecule has 0 amide bonds. The van der Waals surface area contributed by atoms with Crippen LogP contribution >= 0.6 is 0 Å². The molecule has 0 bridgehead atoms. The molecule has 0 radical (unpaired) electrons. The third-order valence-corrected chi connectivity index (χ3v) is 10.2. The third kappa shape index (κ3) is 2.63. The summed E-state index contributed by atoms with van der Waals surface area (Å²) in [7, 11) is -1.56. The van der Waals surface area contributed by atoms with Crippen LogP contribution in [0.2, 0.25) is 19.6 Å². The molecule has 0 aromatic carbocycles. The lowest BCUT2D eigenvalue weighted by atomic mass is 9.45. The molecule has 0 aromatic heterocycles. The van der Waals surface area contributed by atoms with Gasteiger partial charge in [0.15, 0.2) is 14.1 Å². The number of allylic oxidation sites excluding steroid dienone is 2. The van der Waals surface area contributed by atoms with Gasteiger partial charge < -0.3 is 4.43 Å². The van der Waals surface area contributed by atoms with Crippen molar-refractivity contribution in [2.24, 2.45) is 34.5 Å². The molecule has 7 atom stereocenters. The molecule has 2 nitrogen and oxygen atoms in total. The van der Waals surface area contributed by atoms with Crippen molar-refractivity contribution in [1.82, 2.24) is 0 Å². The first-order valence-electron chi connectivity index (χ1n) is 10.9. The molecule has 4 aliphatic rings. The quantitative estimate of drug-likeness (QED) is 0.555. The van der Waals surface area contributed by atoms with Crippen LogP contribution in [0.1, 0.15) is 65.7 Å². The molecule has 5 unspecified atom stereocenters. The SMILES string of the molecule is CC12C=CC(=O)C[C@H]1CCC1C2CCC2(C)C1CC[C@]2(C)O[Si](C)(C)C. The van der Waals surface area contributed by atoms with Gasteiger partial charge in [-0.3, -0.25) is 4.79 Å². The zero-order valence-corrected chi connectivity index (χ0v) is 18.7. The van der Waals surface area contributed by atoms with E-state index in [0.717, 1.165) is 24.2 Å². The van der Waals surface area contributed by atoms with Gasteiger partial charge in [0, 0.05) is 6.42 Å². The van der Waals surface area contributed by atoms with Crippen LogP contribution in [-0.4, -0.2) is 19.7 Å². The fraction of sp³-hybridized carbons (Fsp3) is 0.870. The maximum Gasteiger partial charge on any atom is 0.184 e. The predicted octanol–water partition coefficient (Wildman–Crippen LogP) is 5.98. The van der Waals surface area contributed by atoms with Crippen molar-refractivity contribution in [1.29, 1.82) is 0 Å². The molecule has 4 rings (SSSR count). The zero-order chi connectivity index (χ0) is 19.0. The molecule has 146 valence electrons. The Bertz CT molecular complexity index is 635. The minimum atomic E-state index is -1.56. The van der Waals surface area contributed by atoms with Crippen molar-refractivity contribution in [3.05, 3.63) is 12.2 Å². The van der Waals surface area contributed by atoms with Crippen LogP contribution in [0.15, 0.2) is 12.2 Å². The van der Waals surface area contributed by atoms with Crippen molar-refractivity contribution >= 4 is 14.1 Å². The topological polar surface area (TPSA) is 26.3 Å². The second kappa shape index (κ2) is 5.79. The molecule has 26 heavy (non-hydrogen) atoms. The molecule has 0 heterocycles. The molecule has 0 N–H and O–H groups in total. The van der Waals surface area contributed by atoms with E-state index < -0.39 is 8.32 Å². The maximum absolute atomic E-state index is 12.0. The molecule has 0 spiro atoms. The Morgan fingerprint density at radius 1 is 1.00 bits per heavy atom. The van der Waals surface area contributed by atoms with Crippen LogP contribution in [0, 0.1) is 34.5 Å². The van der Waals surface area contributed by atoms with Gasteiger partial charge in [0.05, 0.1) is 5.60 Å². The van der Waals surface area contributed by atoms with E-state index in [0.29, 0.717) is 17.1 Å². The van der Waals surface area contributed by atoms with Crippen LogP contribution in [0.4, 0.5) is 0 Å². The van der Waals surface area contributed by atoms with Crippen molar-refractivity contribution in [3.8, 4) is 0 Å². The average Bonchev–Trinajstić information content (AvgIpc) is 2.77. The minimum absolute atomic E-state index is 0.0588. The van der Waals surface area contributed by atoms with Crippen LogP contribution in [-0.2, 0) is 9.22 Å². The normalized spacial score (nSPS) is 50.9. The molecule has 3 saturated carbocycles. The van der Waals surface area contributed by atoms with Crippen LogP contribution in [0.5, 0.6) is 0 Å². The van der Waals surface area contributed by atoms with Gasteiger partial charge in [-0.05, 0) is 106 Å². The van der Waals surface area contributed by atoms with Gasteiger partial charge in [0.1, 0.15) is 0 Å². The van der Waals surface area contributed by atoms with Gasteiger partial charge in [-0.15, -0.1) is 0 Å². The highest BCUT2D eigenvalue weighted by Gasteiger charge is 2.64. The first-order chi connectivity index (χ1) is 12.0. The van der Waals surface area contributed by atoms with Crippen LogP contribution in [0.25, 0.3) is 0 Å². The summed E-state index contributed by atoms with van der Waals surface area (Å²) in [5.74, 6) is 3.31. The summed E-state index contributed by atoms with van der Waals surface area (Å²) < 4.78 is 6.86. The van der Waals surface area contributed by atoms with Gasteiger partial charge in [-0.1, -0.05) is 19.9 Å². The van der Waals surface area contributed by atoms with Crippen molar-refractivity contribution in [3.63, 3.8) is 0 Å². The maximum atomic E-state index is 12.0. The van der Waals surface area contributed by atoms with E-state index in [9.17, 15) is 4.79 Å². The number of hydrogen-bond acceptors (Lipinski definition) is 2. The Morgan fingerprint density at radius 2 is 1.69 bits per heavy atom. The second-order valence-electron chi connectivity index (χ2n) is 11.5. The van der Waals surface area contributed by atoms with E-state index in [-0.39, 0.29) is 11.0 Å². The first-order valence-corrected chi connectivity index (χ1v) is 14.3. The third-order valence-electron chi connectivity index (χ3n) is 9.10. The summed E-state index contributed by atoms with van der Waals surface area (Å²) in [6.45, 7) is 14.5. The lowest BCUT2D eigenvalue weighted by Crippen LogP contribution is -2.57. The Balaban J connectivity index is 1.64. The van der Waals surface area contributed by atoms with Gasteiger partial charge in [-0.2, -0.15) is 0 Å². The molecular weight excluding hydrogens is 336 g/mol. The average molecular weight is 375 g/mol. The van der Waals surface area contributed by atoms with Crippen LogP contribution < -0.4 is 0 Å². The van der Waals surface area contributed by atoms with Crippen molar-refractivity contribution in [2.45, 2.75) is 91.0 Å². The second-order valence-corrected chi connectivity index (χ2v) is 15.9. The number of carbonyl (C=O) groups is 1. The minimum Gasteiger partial charge on any atom is -0.412 e. The fourth-order valence-electron chi connectivity index (χ4n) is 7.70. The Morgan fingerprint density at radius 3 is 2.38 bits per heavy atom. The van der Waals surface area contributed by atoms with Crippen molar-refractivity contribution < 1.29 is 9.22 Å². The van der Waals surface area contributed by atoms with Gasteiger partial charge >= 0.3 is 0 Å². The highest BCUT2D eigenvalue weighted by Crippen LogP contribution is 2.68. The van der Waals surface area contributed by atoms with E-state index in [4.69, 9.17) is 4.43 Å². The van der Waals surface area contributed by atoms with Crippen molar-refractivity contribution in [2.75, 3.05) is 0 Å². The highest BCUT2D eigenvalue weighted by molar-refractivity contribution is 6.69. The Hall–Kier alpha value is -0.413. The summed E-state index contributed by atoms with van der Waals surface area (Å²) in [6.07, 6.45) is 12.8. The summed E-state index contributed by atoms with van der Waals surface area (Å²) in [5.41, 5.74) is 0.631. The monoisotopic (exact) mass is 374 g/mol. The fourth-order valence-corrected chi connectivity index (χ4v) is 9.39. The molecule has 0 aromatic rings. The zero-order valence-electron chi connectivity index (χ0n) is 17.7.